The first-order chi connectivity index (χ1) is 30.5. The molecule has 0 aromatic heterocycles. The monoisotopic (exact) mass is 857 g/mol. The number of carbonyl (C=O) groups is 3. The Labute approximate surface area is 380 Å². The highest BCUT2D eigenvalue weighted by Gasteiger charge is 2.19. The van der Waals surface area contributed by atoms with Crippen LogP contribution < -0.4 is 0 Å². The zero-order valence-corrected chi connectivity index (χ0v) is 39.6. The second kappa shape index (κ2) is 49.5. The molecule has 6 heteroatoms. The van der Waals surface area contributed by atoms with Crippen LogP contribution in [-0.4, -0.2) is 37.2 Å². The second-order valence-electron chi connectivity index (χ2n) is 15.6. The Bertz CT molecular complexity index is 1350. The van der Waals surface area contributed by atoms with E-state index in [-0.39, 0.29) is 37.5 Å². The quantitative estimate of drug-likeness (QED) is 0.0200. The number of unbranched alkanes of at least 4 members (excludes halogenated alkanes) is 12. The number of hydrogen-bond donors (Lipinski definition) is 0. The largest absolute Gasteiger partial charge is 0.462 e. The van der Waals surface area contributed by atoms with Gasteiger partial charge in [-0.15, -0.1) is 0 Å². The third-order valence-corrected chi connectivity index (χ3v) is 9.71. The van der Waals surface area contributed by atoms with Gasteiger partial charge in [-0.2, -0.15) is 0 Å². The molecule has 0 radical (unpaired) electrons. The predicted molar refractivity (Wildman–Crippen MR) is 265 cm³/mol. The SMILES string of the molecule is CC/C=C\C/C=C\C/C=C\C/C=C\C/C=C\CCCCCC(=O)OCC(COC(=O)CCCCC/C=C\C=C/CCCC)OC(=O)CCCCCC/C=C\C/C=C\C/C=C\CC. The van der Waals surface area contributed by atoms with Crippen LogP contribution in [0.15, 0.2) is 122 Å². The maximum Gasteiger partial charge on any atom is 0.306 e. The molecule has 0 amide bonds. The Morgan fingerprint density at radius 1 is 0.355 bits per heavy atom. The first kappa shape index (κ1) is 57.8. The summed E-state index contributed by atoms with van der Waals surface area (Å²) in [6.45, 7) is 6.26. The summed E-state index contributed by atoms with van der Waals surface area (Å²) in [5, 5.41) is 0. The van der Waals surface area contributed by atoms with Crippen molar-refractivity contribution in [2.75, 3.05) is 13.2 Å². The maximum absolute atomic E-state index is 12.8. The minimum atomic E-state index is -0.817. The van der Waals surface area contributed by atoms with Crippen molar-refractivity contribution >= 4 is 17.9 Å². The topological polar surface area (TPSA) is 78.9 Å². The van der Waals surface area contributed by atoms with E-state index < -0.39 is 6.10 Å². The van der Waals surface area contributed by atoms with E-state index in [0.717, 1.165) is 141 Å². The standard InChI is InChI=1S/C56H88O6/c1-4-7-10-13-16-19-22-24-26-27-28-29-30-32-34-37-40-43-46-49-55(58)61-52-53(51-60-54(57)48-45-42-39-36-33-21-18-15-12-9-6-3)62-56(59)50-47-44-41-38-35-31-25-23-20-17-14-11-8-5-2/h7-8,10-11,15-21,24-26,28-29,31-34,53H,4-6,9,12-14,22-23,27,30,35-52H2,1-3H3/b10-7-,11-8-,18-15-,19-16-,20-17-,26-24-,29-28-,31-25-,33-21-,34-32-. The van der Waals surface area contributed by atoms with Gasteiger partial charge < -0.3 is 14.2 Å². The van der Waals surface area contributed by atoms with Crippen LogP contribution in [0.5, 0.6) is 0 Å². The molecule has 62 heavy (non-hydrogen) atoms. The van der Waals surface area contributed by atoms with E-state index in [4.69, 9.17) is 14.2 Å². The fraction of sp³-hybridized carbons (Fsp3) is 0.589. The minimum Gasteiger partial charge on any atom is -0.462 e. The van der Waals surface area contributed by atoms with E-state index >= 15 is 0 Å². The molecule has 0 heterocycles. The lowest BCUT2D eigenvalue weighted by molar-refractivity contribution is -0.167. The van der Waals surface area contributed by atoms with Gasteiger partial charge in [0.05, 0.1) is 0 Å². The highest BCUT2D eigenvalue weighted by atomic mass is 16.6. The molecule has 6 nitrogen and oxygen atoms in total. The van der Waals surface area contributed by atoms with Crippen LogP contribution in [0, 0.1) is 0 Å². The van der Waals surface area contributed by atoms with Gasteiger partial charge in [0.25, 0.3) is 0 Å². The van der Waals surface area contributed by atoms with Crippen molar-refractivity contribution in [2.45, 2.75) is 200 Å². The van der Waals surface area contributed by atoms with Crippen LogP contribution in [-0.2, 0) is 28.6 Å². The maximum atomic E-state index is 12.8. The lowest BCUT2D eigenvalue weighted by atomic mass is 10.1. The summed E-state index contributed by atoms with van der Waals surface area (Å²) in [6.07, 6.45) is 67.5. The summed E-state index contributed by atoms with van der Waals surface area (Å²) >= 11 is 0. The van der Waals surface area contributed by atoms with Crippen LogP contribution >= 0.6 is 0 Å². The summed E-state index contributed by atoms with van der Waals surface area (Å²) in [4.78, 5) is 37.9. The molecular weight excluding hydrogens is 769 g/mol. The Morgan fingerprint density at radius 3 is 1.08 bits per heavy atom. The summed E-state index contributed by atoms with van der Waals surface area (Å²) < 4.78 is 16.7. The number of rotatable bonds is 42. The second-order valence-corrected chi connectivity index (χ2v) is 15.6. The first-order valence-electron chi connectivity index (χ1n) is 24.6. The van der Waals surface area contributed by atoms with E-state index in [0.29, 0.717) is 12.8 Å². The fourth-order valence-corrected chi connectivity index (χ4v) is 6.05. The normalized spacial score (nSPS) is 13.1. The Morgan fingerprint density at radius 2 is 0.677 bits per heavy atom. The third kappa shape index (κ3) is 46.9. The van der Waals surface area contributed by atoms with Crippen LogP contribution in [0.4, 0.5) is 0 Å². The zero-order valence-electron chi connectivity index (χ0n) is 39.6. The van der Waals surface area contributed by atoms with Crippen molar-refractivity contribution in [1.29, 1.82) is 0 Å². The molecule has 0 saturated carbocycles. The summed E-state index contributed by atoms with van der Waals surface area (Å²) in [5.74, 6) is -1.01. The van der Waals surface area contributed by atoms with Crippen LogP contribution in [0.25, 0.3) is 0 Å². The van der Waals surface area contributed by atoms with Crippen molar-refractivity contribution in [3.05, 3.63) is 122 Å². The number of allylic oxidation sites excluding steroid dienone is 20. The fourth-order valence-electron chi connectivity index (χ4n) is 6.05. The molecule has 0 aromatic carbocycles. The number of ether oxygens (including phenoxy) is 3. The van der Waals surface area contributed by atoms with E-state index in [1.165, 1.54) is 12.8 Å². The molecule has 348 valence electrons. The lowest BCUT2D eigenvalue weighted by Crippen LogP contribution is -2.30. The first-order valence-corrected chi connectivity index (χ1v) is 24.6. The molecule has 0 aliphatic heterocycles. The molecule has 0 aliphatic carbocycles. The van der Waals surface area contributed by atoms with Crippen molar-refractivity contribution < 1.29 is 28.6 Å². The van der Waals surface area contributed by atoms with Crippen molar-refractivity contribution in [1.82, 2.24) is 0 Å². The minimum absolute atomic E-state index is 0.116. The van der Waals surface area contributed by atoms with Gasteiger partial charge in [-0.05, 0) is 116 Å². The Balaban J connectivity index is 4.51. The van der Waals surface area contributed by atoms with Gasteiger partial charge in [0.15, 0.2) is 6.10 Å². The molecule has 0 N–H and O–H groups in total. The van der Waals surface area contributed by atoms with Crippen LogP contribution in [0.2, 0.25) is 0 Å². The molecule has 1 unspecified atom stereocenters. The lowest BCUT2D eigenvalue weighted by Gasteiger charge is -2.18. The molecule has 0 aliphatic rings. The highest BCUT2D eigenvalue weighted by Crippen LogP contribution is 2.11. The van der Waals surface area contributed by atoms with Crippen LogP contribution in [0.3, 0.4) is 0 Å². The number of esters is 3. The third-order valence-electron chi connectivity index (χ3n) is 9.71. The highest BCUT2D eigenvalue weighted by molar-refractivity contribution is 5.71. The number of carbonyl (C=O) groups excluding carboxylic acids is 3. The van der Waals surface area contributed by atoms with Gasteiger partial charge >= 0.3 is 17.9 Å². The van der Waals surface area contributed by atoms with E-state index in [1.54, 1.807) is 0 Å². The average molecular weight is 857 g/mol. The van der Waals surface area contributed by atoms with Crippen molar-refractivity contribution in [3.63, 3.8) is 0 Å². The molecule has 0 aromatic rings. The van der Waals surface area contributed by atoms with E-state index in [9.17, 15) is 14.4 Å². The van der Waals surface area contributed by atoms with Gasteiger partial charge in [0.2, 0.25) is 0 Å². The van der Waals surface area contributed by atoms with Crippen LogP contribution in [0.1, 0.15) is 194 Å². The molecule has 0 fully saturated rings. The molecule has 0 saturated heterocycles. The molecule has 0 spiro atoms. The van der Waals surface area contributed by atoms with Gasteiger partial charge in [-0.25, -0.2) is 0 Å². The molecule has 0 bridgehead atoms. The van der Waals surface area contributed by atoms with Crippen molar-refractivity contribution in [2.24, 2.45) is 0 Å². The Kier molecular flexibility index (Phi) is 46.1. The molecule has 0 rings (SSSR count). The summed E-state index contributed by atoms with van der Waals surface area (Å²) in [5.41, 5.74) is 0. The van der Waals surface area contributed by atoms with Gasteiger partial charge in [0.1, 0.15) is 13.2 Å². The average Bonchev–Trinajstić information content (AvgIpc) is 3.27. The summed E-state index contributed by atoms with van der Waals surface area (Å²) in [7, 11) is 0. The van der Waals surface area contributed by atoms with Gasteiger partial charge in [-0.3, -0.25) is 14.4 Å². The zero-order chi connectivity index (χ0) is 45.1. The van der Waals surface area contributed by atoms with E-state index in [2.05, 4.69) is 142 Å². The number of hydrogen-bond acceptors (Lipinski definition) is 6. The van der Waals surface area contributed by atoms with Crippen molar-refractivity contribution in [3.8, 4) is 0 Å². The molecule has 1 atom stereocenters. The Hall–Kier alpha value is -4.19. The molecular formula is C56H88O6. The summed E-state index contributed by atoms with van der Waals surface area (Å²) in [6, 6.07) is 0. The predicted octanol–water partition coefficient (Wildman–Crippen LogP) is 16.1. The van der Waals surface area contributed by atoms with Gasteiger partial charge in [-0.1, -0.05) is 181 Å². The smallest absolute Gasteiger partial charge is 0.306 e. The van der Waals surface area contributed by atoms with E-state index in [1.807, 2.05) is 0 Å². The van der Waals surface area contributed by atoms with Gasteiger partial charge in [0, 0.05) is 19.3 Å².